The fourth-order valence-corrected chi connectivity index (χ4v) is 2.67. The molecule has 0 saturated heterocycles. The van der Waals surface area contributed by atoms with Gasteiger partial charge in [-0.05, 0) is 36.4 Å². The Labute approximate surface area is 126 Å². The maximum atomic E-state index is 12.2. The molecule has 0 spiro atoms. The molecule has 0 saturated carbocycles. The van der Waals surface area contributed by atoms with Crippen molar-refractivity contribution in [3.8, 4) is 0 Å². The second kappa shape index (κ2) is 6.11. The third kappa shape index (κ3) is 3.71. The monoisotopic (exact) mass is 326 g/mol. The molecule has 2 rings (SSSR count). The summed E-state index contributed by atoms with van der Waals surface area (Å²) in [6.45, 7) is 0. The standard InChI is InChI=1S/C13H11ClN2O4S/c1-20-13(17)9-6-7-15-12(8-9)16-21(18,19)11-4-2-10(14)3-5-11/h2-8H,1H3,(H,15,16). The zero-order valence-electron chi connectivity index (χ0n) is 10.9. The number of esters is 1. The Bertz CT molecular complexity index is 760. The summed E-state index contributed by atoms with van der Waals surface area (Å²) in [4.78, 5) is 15.3. The average Bonchev–Trinajstić information content (AvgIpc) is 2.46. The van der Waals surface area contributed by atoms with Gasteiger partial charge in [0.1, 0.15) is 5.82 Å². The number of aromatic nitrogens is 1. The fraction of sp³-hybridized carbons (Fsp3) is 0.0769. The number of hydrogen-bond donors (Lipinski definition) is 1. The number of anilines is 1. The van der Waals surface area contributed by atoms with Gasteiger partial charge in [0.15, 0.2) is 0 Å². The van der Waals surface area contributed by atoms with Crippen molar-refractivity contribution >= 4 is 33.4 Å². The molecule has 0 aliphatic carbocycles. The molecule has 6 nitrogen and oxygen atoms in total. The number of hydrogen-bond acceptors (Lipinski definition) is 5. The summed E-state index contributed by atoms with van der Waals surface area (Å²) in [5.74, 6) is -0.558. The average molecular weight is 327 g/mol. The van der Waals surface area contributed by atoms with E-state index in [1.165, 1.54) is 49.7 Å². The molecule has 0 radical (unpaired) electrons. The van der Waals surface area contributed by atoms with E-state index in [9.17, 15) is 13.2 Å². The molecular weight excluding hydrogens is 316 g/mol. The van der Waals surface area contributed by atoms with E-state index in [0.29, 0.717) is 5.02 Å². The molecule has 0 aliphatic rings. The predicted octanol–water partition coefficient (Wildman–Crippen LogP) is 2.32. The SMILES string of the molecule is COC(=O)c1ccnc(NS(=O)(=O)c2ccc(Cl)cc2)c1. The number of carbonyl (C=O) groups is 1. The van der Waals surface area contributed by atoms with Crippen molar-refractivity contribution in [3.05, 3.63) is 53.2 Å². The quantitative estimate of drug-likeness (QED) is 0.871. The van der Waals surface area contributed by atoms with Crippen LogP contribution >= 0.6 is 11.6 Å². The van der Waals surface area contributed by atoms with Gasteiger partial charge in [-0.1, -0.05) is 11.6 Å². The number of rotatable bonds is 4. The Morgan fingerprint density at radius 1 is 1.24 bits per heavy atom. The van der Waals surface area contributed by atoms with E-state index >= 15 is 0 Å². The van der Waals surface area contributed by atoms with Crippen molar-refractivity contribution in [2.75, 3.05) is 11.8 Å². The number of carbonyl (C=O) groups excluding carboxylic acids is 1. The minimum atomic E-state index is -3.80. The van der Waals surface area contributed by atoms with Gasteiger partial charge in [0.25, 0.3) is 10.0 Å². The van der Waals surface area contributed by atoms with Crippen LogP contribution in [0.4, 0.5) is 5.82 Å². The van der Waals surface area contributed by atoms with Crippen molar-refractivity contribution < 1.29 is 17.9 Å². The Morgan fingerprint density at radius 3 is 2.52 bits per heavy atom. The van der Waals surface area contributed by atoms with E-state index in [0.717, 1.165) is 0 Å². The molecule has 2 aromatic rings. The van der Waals surface area contributed by atoms with Crippen molar-refractivity contribution in [2.24, 2.45) is 0 Å². The molecular formula is C13H11ClN2O4S. The minimum Gasteiger partial charge on any atom is -0.465 e. The molecule has 0 aliphatic heterocycles. The third-order valence-electron chi connectivity index (χ3n) is 2.54. The van der Waals surface area contributed by atoms with Crippen LogP contribution in [0.5, 0.6) is 0 Å². The summed E-state index contributed by atoms with van der Waals surface area (Å²) >= 11 is 5.71. The van der Waals surface area contributed by atoms with Crippen LogP contribution in [0.3, 0.4) is 0 Å². The van der Waals surface area contributed by atoms with Crippen LogP contribution in [0.15, 0.2) is 47.5 Å². The lowest BCUT2D eigenvalue weighted by Gasteiger charge is -2.08. The van der Waals surface area contributed by atoms with Crippen LogP contribution in [0.25, 0.3) is 0 Å². The number of pyridine rings is 1. The van der Waals surface area contributed by atoms with Crippen LogP contribution in [0.2, 0.25) is 5.02 Å². The number of benzene rings is 1. The molecule has 110 valence electrons. The van der Waals surface area contributed by atoms with E-state index in [1.807, 2.05) is 0 Å². The van der Waals surface area contributed by atoms with Gasteiger partial charge < -0.3 is 4.74 Å². The molecule has 0 unspecified atom stereocenters. The largest absolute Gasteiger partial charge is 0.465 e. The van der Waals surface area contributed by atoms with Gasteiger partial charge in [-0.15, -0.1) is 0 Å². The highest BCUT2D eigenvalue weighted by Crippen LogP contribution is 2.17. The van der Waals surface area contributed by atoms with E-state index in [4.69, 9.17) is 11.6 Å². The smallest absolute Gasteiger partial charge is 0.338 e. The number of nitrogens with one attached hydrogen (secondary N) is 1. The lowest BCUT2D eigenvalue weighted by Crippen LogP contribution is -2.14. The maximum absolute atomic E-state index is 12.2. The number of sulfonamides is 1. The van der Waals surface area contributed by atoms with Crippen molar-refractivity contribution in [2.45, 2.75) is 4.90 Å². The number of ether oxygens (including phenoxy) is 1. The highest BCUT2D eigenvalue weighted by Gasteiger charge is 2.16. The van der Waals surface area contributed by atoms with Crippen LogP contribution in [-0.4, -0.2) is 26.5 Å². The number of methoxy groups -OCH3 is 1. The first-order chi connectivity index (χ1) is 9.92. The van der Waals surface area contributed by atoms with Gasteiger partial charge in [-0.2, -0.15) is 0 Å². The second-order valence-corrected chi connectivity index (χ2v) is 6.10. The van der Waals surface area contributed by atoms with Crippen LogP contribution in [0, 0.1) is 0 Å². The van der Waals surface area contributed by atoms with Gasteiger partial charge in [0.05, 0.1) is 17.6 Å². The minimum absolute atomic E-state index is 0.0212. The summed E-state index contributed by atoms with van der Waals surface area (Å²) < 4.78 is 31.2. The maximum Gasteiger partial charge on any atom is 0.338 e. The van der Waals surface area contributed by atoms with Crippen molar-refractivity contribution in [1.29, 1.82) is 0 Å². The Balaban J connectivity index is 2.28. The highest BCUT2D eigenvalue weighted by molar-refractivity contribution is 7.92. The van der Waals surface area contributed by atoms with E-state index in [2.05, 4.69) is 14.4 Å². The van der Waals surface area contributed by atoms with Crippen LogP contribution in [-0.2, 0) is 14.8 Å². The number of halogens is 1. The van der Waals surface area contributed by atoms with Crippen LogP contribution in [0.1, 0.15) is 10.4 Å². The zero-order valence-corrected chi connectivity index (χ0v) is 12.5. The molecule has 21 heavy (non-hydrogen) atoms. The highest BCUT2D eigenvalue weighted by atomic mass is 35.5. The lowest BCUT2D eigenvalue weighted by molar-refractivity contribution is 0.0600. The third-order valence-corrected chi connectivity index (χ3v) is 4.17. The van der Waals surface area contributed by atoms with E-state index in [1.54, 1.807) is 0 Å². The molecule has 1 N–H and O–H groups in total. The topological polar surface area (TPSA) is 85.4 Å². The van der Waals surface area contributed by atoms with E-state index < -0.39 is 16.0 Å². The molecule has 8 heteroatoms. The summed E-state index contributed by atoms with van der Waals surface area (Å²) in [6.07, 6.45) is 1.31. The number of nitrogens with zero attached hydrogens (tertiary/aromatic N) is 1. The van der Waals surface area contributed by atoms with Gasteiger partial charge in [0, 0.05) is 11.2 Å². The van der Waals surface area contributed by atoms with E-state index in [-0.39, 0.29) is 16.3 Å². The van der Waals surface area contributed by atoms with Crippen molar-refractivity contribution in [3.63, 3.8) is 0 Å². The van der Waals surface area contributed by atoms with Crippen molar-refractivity contribution in [1.82, 2.24) is 4.98 Å². The van der Waals surface area contributed by atoms with Gasteiger partial charge in [-0.25, -0.2) is 18.2 Å². The van der Waals surface area contributed by atoms with Gasteiger partial charge >= 0.3 is 5.97 Å². The first kappa shape index (κ1) is 15.3. The fourth-order valence-electron chi connectivity index (χ4n) is 1.54. The molecule has 1 aromatic carbocycles. The van der Waals surface area contributed by atoms with Gasteiger partial charge in [-0.3, -0.25) is 4.72 Å². The molecule has 0 amide bonds. The molecule has 0 fully saturated rings. The molecule has 0 atom stereocenters. The summed E-state index contributed by atoms with van der Waals surface area (Å²) in [7, 11) is -2.57. The van der Waals surface area contributed by atoms with Crippen LogP contribution < -0.4 is 4.72 Å². The first-order valence-electron chi connectivity index (χ1n) is 5.75. The first-order valence-corrected chi connectivity index (χ1v) is 7.61. The molecule has 1 aromatic heterocycles. The Morgan fingerprint density at radius 2 is 1.90 bits per heavy atom. The Kier molecular flexibility index (Phi) is 4.44. The predicted molar refractivity (Wildman–Crippen MR) is 77.8 cm³/mol. The summed E-state index contributed by atoms with van der Waals surface area (Å²) in [6, 6.07) is 8.39. The lowest BCUT2D eigenvalue weighted by atomic mass is 10.3. The molecule has 1 heterocycles. The molecule has 0 bridgehead atoms. The second-order valence-electron chi connectivity index (χ2n) is 3.98. The normalized spacial score (nSPS) is 11.0. The summed E-state index contributed by atoms with van der Waals surface area (Å²) in [5, 5.41) is 0.430. The van der Waals surface area contributed by atoms with Gasteiger partial charge in [0.2, 0.25) is 0 Å². The Hall–Kier alpha value is -2.12. The zero-order chi connectivity index (χ0) is 15.5. The summed E-state index contributed by atoms with van der Waals surface area (Å²) in [5.41, 5.74) is 0.196.